The van der Waals surface area contributed by atoms with E-state index in [-0.39, 0.29) is 17.9 Å². The fourth-order valence-corrected chi connectivity index (χ4v) is 4.59. The summed E-state index contributed by atoms with van der Waals surface area (Å²) < 4.78 is 32.9. The summed E-state index contributed by atoms with van der Waals surface area (Å²) in [6, 6.07) is 4.51. The van der Waals surface area contributed by atoms with Crippen molar-refractivity contribution in [2.75, 3.05) is 13.1 Å². The van der Waals surface area contributed by atoms with Gasteiger partial charge in [0.2, 0.25) is 10.0 Å². The predicted molar refractivity (Wildman–Crippen MR) is 103 cm³/mol. The highest BCUT2D eigenvalue weighted by Crippen LogP contribution is 2.23. The van der Waals surface area contributed by atoms with Gasteiger partial charge in [-0.1, -0.05) is 23.2 Å². The molecule has 0 spiro atoms. The third kappa shape index (κ3) is 6.61. The van der Waals surface area contributed by atoms with Gasteiger partial charge in [0.1, 0.15) is 5.60 Å². The molecular formula is C17H24Cl2N2O4S. The van der Waals surface area contributed by atoms with E-state index in [0.717, 1.165) is 0 Å². The first-order valence-corrected chi connectivity index (χ1v) is 10.8. The molecule has 9 heteroatoms. The van der Waals surface area contributed by atoms with E-state index in [2.05, 4.69) is 4.72 Å². The fraction of sp³-hybridized carbons (Fsp3) is 0.588. The number of hydrogen-bond donors (Lipinski definition) is 1. The molecule has 6 nitrogen and oxygen atoms in total. The Morgan fingerprint density at radius 2 is 1.88 bits per heavy atom. The van der Waals surface area contributed by atoms with E-state index in [1.807, 2.05) is 20.8 Å². The van der Waals surface area contributed by atoms with Gasteiger partial charge in [0.15, 0.2) is 0 Å². The minimum atomic E-state index is -3.57. The van der Waals surface area contributed by atoms with Gasteiger partial charge in [0.25, 0.3) is 0 Å². The molecule has 0 radical (unpaired) electrons. The number of ether oxygens (including phenoxy) is 1. The summed E-state index contributed by atoms with van der Waals surface area (Å²) in [6.07, 6.45) is 0.688. The van der Waals surface area contributed by atoms with Gasteiger partial charge in [-0.3, -0.25) is 0 Å². The average Bonchev–Trinajstić information content (AvgIpc) is 2.49. The van der Waals surface area contributed by atoms with E-state index in [0.29, 0.717) is 41.5 Å². The topological polar surface area (TPSA) is 75.7 Å². The van der Waals surface area contributed by atoms with Crippen LogP contribution >= 0.6 is 23.2 Å². The summed E-state index contributed by atoms with van der Waals surface area (Å²) in [5.74, 6) is -0.237. The molecule has 1 aromatic carbocycles. The molecule has 1 heterocycles. The van der Waals surface area contributed by atoms with Gasteiger partial charge in [0.05, 0.1) is 5.75 Å². The van der Waals surface area contributed by atoms with Crippen LogP contribution in [0, 0.1) is 0 Å². The highest BCUT2D eigenvalue weighted by Gasteiger charge is 2.29. The monoisotopic (exact) mass is 422 g/mol. The van der Waals surface area contributed by atoms with Crippen LogP contribution in [0.2, 0.25) is 10.0 Å². The molecule has 0 atom stereocenters. The molecule has 1 amide bonds. The number of carbonyl (C=O) groups excluding carboxylic acids is 1. The Morgan fingerprint density at radius 1 is 1.27 bits per heavy atom. The molecule has 0 aromatic heterocycles. The van der Waals surface area contributed by atoms with Crippen LogP contribution in [0.4, 0.5) is 4.79 Å². The Morgan fingerprint density at radius 3 is 2.46 bits per heavy atom. The molecule has 0 unspecified atom stereocenters. The van der Waals surface area contributed by atoms with Gasteiger partial charge in [-0.15, -0.1) is 0 Å². The maximum Gasteiger partial charge on any atom is 0.410 e. The number of nitrogens with zero attached hydrogens (tertiary/aromatic N) is 1. The summed E-state index contributed by atoms with van der Waals surface area (Å²) in [7, 11) is -3.57. The lowest BCUT2D eigenvalue weighted by Gasteiger charge is -2.33. The quantitative estimate of drug-likeness (QED) is 0.799. The second kappa shape index (κ2) is 8.33. The van der Waals surface area contributed by atoms with Crippen molar-refractivity contribution in [1.82, 2.24) is 9.62 Å². The lowest BCUT2D eigenvalue weighted by molar-refractivity contribution is 0.0204. The molecule has 1 N–H and O–H groups in total. The molecule has 26 heavy (non-hydrogen) atoms. The molecular weight excluding hydrogens is 399 g/mol. The van der Waals surface area contributed by atoms with Crippen molar-refractivity contribution < 1.29 is 17.9 Å². The van der Waals surface area contributed by atoms with Crippen LogP contribution in [0.1, 0.15) is 39.2 Å². The van der Waals surface area contributed by atoms with Crippen molar-refractivity contribution >= 4 is 39.3 Å². The van der Waals surface area contributed by atoms with Crippen molar-refractivity contribution in [3.8, 4) is 0 Å². The highest BCUT2D eigenvalue weighted by molar-refractivity contribution is 7.88. The van der Waals surface area contributed by atoms with Crippen LogP contribution in [0.5, 0.6) is 0 Å². The molecule has 1 saturated heterocycles. The second-order valence-corrected chi connectivity index (χ2v) is 9.95. The molecule has 2 rings (SSSR count). The molecule has 1 fully saturated rings. The van der Waals surface area contributed by atoms with Crippen molar-refractivity contribution in [2.24, 2.45) is 0 Å². The molecule has 0 aliphatic carbocycles. The number of carbonyl (C=O) groups is 1. The van der Waals surface area contributed by atoms with Crippen molar-refractivity contribution in [1.29, 1.82) is 0 Å². The van der Waals surface area contributed by atoms with Crippen LogP contribution in [0.15, 0.2) is 18.2 Å². The van der Waals surface area contributed by atoms with Gasteiger partial charge in [0, 0.05) is 29.2 Å². The van der Waals surface area contributed by atoms with Gasteiger partial charge in [-0.05, 0) is 57.4 Å². The number of halogens is 2. The summed E-state index contributed by atoms with van der Waals surface area (Å²) >= 11 is 11.9. The molecule has 1 aliphatic rings. The number of amides is 1. The smallest absolute Gasteiger partial charge is 0.410 e. The number of likely N-dealkylation sites (tertiary alicyclic amines) is 1. The number of piperidine rings is 1. The Hall–Kier alpha value is -1.02. The normalized spacial score (nSPS) is 16.6. The standard InChI is InChI=1S/C17H24Cl2N2O4S/c1-17(2,3)25-16(22)21-8-6-14(7-9-21)20-26(23,24)11-12-10-13(18)4-5-15(12)19/h4-5,10,14,20H,6-9,11H2,1-3H3. The zero-order valence-electron chi connectivity index (χ0n) is 15.1. The number of nitrogens with one attached hydrogen (secondary N) is 1. The van der Waals surface area contributed by atoms with E-state index in [1.54, 1.807) is 23.1 Å². The van der Waals surface area contributed by atoms with Crippen LogP contribution < -0.4 is 4.72 Å². The predicted octanol–water partition coefficient (Wildman–Crippen LogP) is 3.81. The number of benzene rings is 1. The minimum absolute atomic E-state index is 0.225. The Balaban J connectivity index is 1.90. The first-order chi connectivity index (χ1) is 12.0. The zero-order valence-corrected chi connectivity index (χ0v) is 17.4. The first kappa shape index (κ1) is 21.3. The van der Waals surface area contributed by atoms with Crippen LogP contribution in [-0.4, -0.2) is 44.1 Å². The third-order valence-electron chi connectivity index (χ3n) is 3.85. The number of sulfonamides is 1. The van der Waals surface area contributed by atoms with Crippen molar-refractivity contribution in [2.45, 2.75) is 51.0 Å². The van der Waals surface area contributed by atoms with E-state index in [9.17, 15) is 13.2 Å². The molecule has 146 valence electrons. The van der Waals surface area contributed by atoms with Gasteiger partial charge < -0.3 is 9.64 Å². The lowest BCUT2D eigenvalue weighted by Crippen LogP contribution is -2.47. The maximum atomic E-state index is 12.4. The van der Waals surface area contributed by atoms with Crippen molar-refractivity contribution in [3.63, 3.8) is 0 Å². The lowest BCUT2D eigenvalue weighted by atomic mass is 10.1. The van der Waals surface area contributed by atoms with Gasteiger partial charge in [-0.25, -0.2) is 17.9 Å². The highest BCUT2D eigenvalue weighted by atomic mass is 35.5. The largest absolute Gasteiger partial charge is 0.444 e. The van der Waals surface area contributed by atoms with E-state index < -0.39 is 15.6 Å². The van der Waals surface area contributed by atoms with Gasteiger partial charge >= 0.3 is 6.09 Å². The fourth-order valence-electron chi connectivity index (χ4n) is 2.66. The first-order valence-electron chi connectivity index (χ1n) is 8.37. The van der Waals surface area contributed by atoms with Crippen LogP contribution in [-0.2, 0) is 20.5 Å². The average molecular weight is 423 g/mol. The summed E-state index contributed by atoms with van der Waals surface area (Å²) in [5.41, 5.74) is -0.0935. The van der Waals surface area contributed by atoms with E-state index in [4.69, 9.17) is 27.9 Å². The number of hydrogen-bond acceptors (Lipinski definition) is 4. The molecule has 1 aromatic rings. The minimum Gasteiger partial charge on any atom is -0.444 e. The molecule has 1 aliphatic heterocycles. The van der Waals surface area contributed by atoms with Crippen LogP contribution in [0.3, 0.4) is 0 Å². The Bertz CT molecular complexity index is 755. The summed E-state index contributed by atoms with van der Waals surface area (Å²) in [6.45, 7) is 6.33. The Labute approximate surface area is 164 Å². The van der Waals surface area contributed by atoms with Gasteiger partial charge in [-0.2, -0.15) is 0 Å². The zero-order chi connectivity index (χ0) is 19.5. The molecule has 0 bridgehead atoms. The van der Waals surface area contributed by atoms with Crippen LogP contribution in [0.25, 0.3) is 0 Å². The third-order valence-corrected chi connectivity index (χ3v) is 5.83. The SMILES string of the molecule is CC(C)(C)OC(=O)N1CCC(NS(=O)(=O)Cc2cc(Cl)ccc2Cl)CC1. The van der Waals surface area contributed by atoms with E-state index in [1.165, 1.54) is 0 Å². The Kier molecular flexibility index (Phi) is 6.82. The maximum absolute atomic E-state index is 12.4. The van der Waals surface area contributed by atoms with Crippen molar-refractivity contribution in [3.05, 3.63) is 33.8 Å². The number of rotatable bonds is 4. The summed E-state index contributed by atoms with van der Waals surface area (Å²) in [4.78, 5) is 13.7. The van der Waals surface area contributed by atoms with E-state index >= 15 is 0 Å². The summed E-state index contributed by atoms with van der Waals surface area (Å²) in [5, 5.41) is 0.796. The molecule has 0 saturated carbocycles. The second-order valence-electron chi connectivity index (χ2n) is 7.35.